The molecule has 3 fully saturated rings. The summed E-state index contributed by atoms with van der Waals surface area (Å²) < 4.78 is 0. The Morgan fingerprint density at radius 3 is 2.76 bits per heavy atom. The van der Waals surface area contributed by atoms with Gasteiger partial charge in [0.25, 0.3) is 0 Å². The van der Waals surface area contributed by atoms with Crippen LogP contribution in [0.4, 0.5) is 0 Å². The number of hydrogen-bond donors (Lipinski definition) is 2. The lowest BCUT2D eigenvalue weighted by Crippen LogP contribution is -2.69. The van der Waals surface area contributed by atoms with E-state index in [-0.39, 0.29) is 0 Å². The lowest BCUT2D eigenvalue weighted by Gasteiger charge is -2.66. The summed E-state index contributed by atoms with van der Waals surface area (Å²) in [5, 5.41) is 21.0. The summed E-state index contributed by atoms with van der Waals surface area (Å²) >= 11 is 0. The highest BCUT2D eigenvalue weighted by Crippen LogP contribution is 2.65. The molecule has 3 rings (SSSR count). The molecule has 0 aliphatic heterocycles. The van der Waals surface area contributed by atoms with Gasteiger partial charge in [0.05, 0.1) is 11.7 Å². The summed E-state index contributed by atoms with van der Waals surface area (Å²) in [5.74, 6) is 0.293. The number of allylic oxidation sites excluding steroid dienone is 2. The summed E-state index contributed by atoms with van der Waals surface area (Å²) in [6, 6.07) is 0. The maximum atomic E-state index is 10.6. The van der Waals surface area contributed by atoms with Crippen molar-refractivity contribution in [3.05, 3.63) is 23.8 Å². The van der Waals surface area contributed by atoms with E-state index in [1.54, 1.807) is 0 Å². The highest BCUT2D eigenvalue weighted by atomic mass is 16.3. The van der Waals surface area contributed by atoms with E-state index in [0.29, 0.717) is 12.3 Å². The van der Waals surface area contributed by atoms with Gasteiger partial charge >= 0.3 is 0 Å². The second-order valence-corrected chi connectivity index (χ2v) is 6.26. The molecule has 0 spiro atoms. The molecule has 2 N–H and O–H groups in total. The fraction of sp³-hybridized carbons (Fsp3) is 0.733. The van der Waals surface area contributed by atoms with Crippen LogP contribution in [-0.4, -0.2) is 21.9 Å². The van der Waals surface area contributed by atoms with E-state index < -0.39 is 17.1 Å². The van der Waals surface area contributed by atoms with Crippen LogP contribution < -0.4 is 0 Å². The minimum absolute atomic E-state index is 0.293. The molecule has 17 heavy (non-hydrogen) atoms. The minimum Gasteiger partial charge on any atom is -0.392 e. The van der Waals surface area contributed by atoms with E-state index >= 15 is 0 Å². The largest absolute Gasteiger partial charge is 0.392 e. The molecule has 96 valence electrons. The van der Waals surface area contributed by atoms with Crippen LogP contribution in [0.5, 0.6) is 0 Å². The van der Waals surface area contributed by atoms with Gasteiger partial charge in [-0.05, 0) is 45.4 Å². The fourth-order valence-electron chi connectivity index (χ4n) is 3.58. The smallest absolute Gasteiger partial charge is 0.0740 e. The number of aliphatic hydroxyl groups excluding tert-OH is 1. The Hall–Kier alpha value is -0.600. The average molecular weight is 236 g/mol. The molecule has 0 amide bonds. The topological polar surface area (TPSA) is 40.5 Å². The molecular weight excluding hydrogens is 212 g/mol. The zero-order chi connectivity index (χ0) is 12.8. The van der Waals surface area contributed by atoms with Gasteiger partial charge in [0, 0.05) is 5.41 Å². The van der Waals surface area contributed by atoms with Crippen LogP contribution >= 0.6 is 0 Å². The van der Waals surface area contributed by atoms with Gasteiger partial charge in [-0.25, -0.2) is 0 Å². The first-order chi connectivity index (χ1) is 7.81. The van der Waals surface area contributed by atoms with Crippen molar-refractivity contribution in [1.29, 1.82) is 0 Å². The molecule has 4 atom stereocenters. The van der Waals surface area contributed by atoms with Gasteiger partial charge < -0.3 is 10.2 Å². The lowest BCUT2D eigenvalue weighted by molar-refractivity contribution is -0.252. The zero-order valence-electron chi connectivity index (χ0n) is 11.2. The number of rotatable bonds is 3. The molecule has 2 heteroatoms. The normalized spacial score (nSPS) is 41.7. The molecule has 0 aromatic heterocycles. The van der Waals surface area contributed by atoms with Crippen LogP contribution in [0, 0.1) is 11.3 Å². The molecule has 0 saturated heterocycles. The van der Waals surface area contributed by atoms with Crippen LogP contribution in [0.1, 0.15) is 46.5 Å². The Kier molecular flexibility index (Phi) is 2.99. The van der Waals surface area contributed by atoms with Crippen molar-refractivity contribution < 1.29 is 10.2 Å². The van der Waals surface area contributed by atoms with E-state index in [0.717, 1.165) is 19.3 Å². The molecule has 2 bridgehead atoms. The van der Waals surface area contributed by atoms with Crippen LogP contribution in [-0.2, 0) is 0 Å². The third-order valence-electron chi connectivity index (χ3n) is 5.06. The Labute approximate surface area is 104 Å². The predicted molar refractivity (Wildman–Crippen MR) is 69.6 cm³/mol. The first-order valence-electron chi connectivity index (χ1n) is 6.53. The Bertz CT molecular complexity index is 363. The summed E-state index contributed by atoms with van der Waals surface area (Å²) in [7, 11) is 0. The number of aliphatic hydroxyl groups is 2. The van der Waals surface area contributed by atoms with Crippen LogP contribution in [0.2, 0.25) is 0 Å². The molecule has 2 nitrogen and oxygen atoms in total. The van der Waals surface area contributed by atoms with Crippen molar-refractivity contribution in [1.82, 2.24) is 0 Å². The Balaban J connectivity index is 2.18. The molecule has 0 aromatic carbocycles. The van der Waals surface area contributed by atoms with E-state index in [2.05, 4.69) is 12.7 Å². The van der Waals surface area contributed by atoms with Crippen molar-refractivity contribution >= 4 is 0 Å². The van der Waals surface area contributed by atoms with Crippen LogP contribution in [0.15, 0.2) is 23.8 Å². The maximum absolute atomic E-state index is 10.6. The molecule has 0 heterocycles. The standard InChI is InChI=1S/C15H24O2/c1-10(2)5-6-13(16)14(4)12-9-15(14,17)8-7-11(12)3/h5,12-13,16-17H,3,6-9H2,1-2,4H3/t12-,13+,14-,15+/m0/s1. The third kappa shape index (κ3) is 1.69. The summed E-state index contributed by atoms with van der Waals surface area (Å²) in [6.07, 6.45) is 4.66. The summed E-state index contributed by atoms with van der Waals surface area (Å²) in [6.45, 7) is 10.2. The van der Waals surface area contributed by atoms with Crippen molar-refractivity contribution in [2.45, 2.75) is 58.2 Å². The van der Waals surface area contributed by atoms with Crippen molar-refractivity contribution in [3.8, 4) is 0 Å². The van der Waals surface area contributed by atoms with E-state index in [1.165, 1.54) is 11.1 Å². The molecule has 3 aliphatic rings. The quantitative estimate of drug-likeness (QED) is 0.740. The first-order valence-corrected chi connectivity index (χ1v) is 6.53. The monoisotopic (exact) mass is 236 g/mol. The highest BCUT2D eigenvalue weighted by Gasteiger charge is 2.67. The van der Waals surface area contributed by atoms with Crippen molar-refractivity contribution in [3.63, 3.8) is 0 Å². The molecule has 3 saturated carbocycles. The van der Waals surface area contributed by atoms with Crippen molar-refractivity contribution in [2.75, 3.05) is 0 Å². The van der Waals surface area contributed by atoms with Crippen LogP contribution in [0.3, 0.4) is 0 Å². The van der Waals surface area contributed by atoms with E-state index in [1.807, 2.05) is 20.8 Å². The fourth-order valence-corrected chi connectivity index (χ4v) is 3.58. The van der Waals surface area contributed by atoms with Gasteiger partial charge in [0.2, 0.25) is 0 Å². The third-order valence-corrected chi connectivity index (χ3v) is 5.06. The second-order valence-electron chi connectivity index (χ2n) is 6.26. The molecule has 0 aromatic rings. The maximum Gasteiger partial charge on any atom is 0.0740 e. The Morgan fingerprint density at radius 2 is 2.24 bits per heavy atom. The number of fused-ring (bicyclic) bond motifs is 2. The molecule has 0 unspecified atom stereocenters. The van der Waals surface area contributed by atoms with Gasteiger partial charge in [0.1, 0.15) is 0 Å². The molecule has 0 radical (unpaired) electrons. The van der Waals surface area contributed by atoms with Gasteiger partial charge in [0.15, 0.2) is 0 Å². The Morgan fingerprint density at radius 1 is 1.59 bits per heavy atom. The highest BCUT2D eigenvalue weighted by molar-refractivity contribution is 5.28. The summed E-state index contributed by atoms with van der Waals surface area (Å²) in [4.78, 5) is 0. The lowest BCUT2D eigenvalue weighted by atomic mass is 9.42. The average Bonchev–Trinajstić information content (AvgIpc) is 2.27. The number of hydrogen-bond acceptors (Lipinski definition) is 2. The molecule has 3 aliphatic carbocycles. The first kappa shape index (κ1) is 12.8. The summed E-state index contributed by atoms with van der Waals surface area (Å²) in [5.41, 5.74) is 1.35. The molecular formula is C15H24O2. The SMILES string of the molecule is C=C1CC[C@@]2(O)C[C@@H]1[C@@]2(C)[C@H](O)CC=C(C)C. The van der Waals surface area contributed by atoms with Gasteiger partial charge in [-0.15, -0.1) is 0 Å². The van der Waals surface area contributed by atoms with Crippen LogP contribution in [0.25, 0.3) is 0 Å². The second kappa shape index (κ2) is 3.96. The van der Waals surface area contributed by atoms with Crippen molar-refractivity contribution in [2.24, 2.45) is 11.3 Å². The van der Waals surface area contributed by atoms with E-state index in [9.17, 15) is 10.2 Å². The van der Waals surface area contributed by atoms with Gasteiger partial charge in [-0.3, -0.25) is 0 Å². The van der Waals surface area contributed by atoms with Gasteiger partial charge in [-0.1, -0.05) is 30.7 Å². The minimum atomic E-state index is -0.673. The van der Waals surface area contributed by atoms with E-state index in [4.69, 9.17) is 0 Å². The zero-order valence-corrected chi connectivity index (χ0v) is 11.2. The van der Waals surface area contributed by atoms with Gasteiger partial charge in [-0.2, -0.15) is 0 Å². The predicted octanol–water partition coefficient (Wildman–Crippen LogP) is 2.81.